The number of pyridine rings is 1. The molecule has 0 fully saturated rings. The topological polar surface area (TPSA) is 64.1 Å². The van der Waals surface area contributed by atoms with Crippen molar-refractivity contribution >= 4 is 34.0 Å². The van der Waals surface area contributed by atoms with E-state index in [2.05, 4.69) is 20.0 Å². The zero-order valence-corrected chi connectivity index (χ0v) is 15.7. The Morgan fingerprint density at radius 2 is 1.96 bits per heavy atom. The van der Waals surface area contributed by atoms with E-state index in [1.54, 1.807) is 12.3 Å². The summed E-state index contributed by atoms with van der Waals surface area (Å²) in [7, 11) is 0. The first-order chi connectivity index (χ1) is 13.3. The highest BCUT2D eigenvalue weighted by Crippen LogP contribution is 2.26. The molecule has 28 heavy (non-hydrogen) atoms. The fraction of sp³-hybridized carbons (Fsp3) is 0.167. The average Bonchev–Trinajstić information content (AvgIpc) is 3.08. The van der Waals surface area contributed by atoms with Crippen molar-refractivity contribution in [3.63, 3.8) is 0 Å². The van der Waals surface area contributed by atoms with Crippen LogP contribution >= 0.6 is 22.9 Å². The molecule has 2 heterocycles. The maximum absolute atomic E-state index is 12.4. The smallest absolute Gasteiger partial charge is 0.422 e. The number of nitrogens with zero attached hydrogens (tertiary/aromatic N) is 2. The molecule has 10 heteroatoms. The van der Waals surface area contributed by atoms with Gasteiger partial charge < -0.3 is 4.74 Å². The second-order valence-electron chi connectivity index (χ2n) is 5.61. The summed E-state index contributed by atoms with van der Waals surface area (Å²) in [6, 6.07) is 10.1. The van der Waals surface area contributed by atoms with E-state index < -0.39 is 24.6 Å². The van der Waals surface area contributed by atoms with Crippen molar-refractivity contribution in [1.29, 1.82) is 0 Å². The van der Waals surface area contributed by atoms with Crippen molar-refractivity contribution in [3.8, 4) is 5.88 Å². The van der Waals surface area contributed by atoms with E-state index >= 15 is 0 Å². The van der Waals surface area contributed by atoms with Gasteiger partial charge >= 0.3 is 6.18 Å². The van der Waals surface area contributed by atoms with Crippen molar-refractivity contribution < 1.29 is 22.7 Å². The minimum absolute atomic E-state index is 0.116. The SMILES string of the molecule is O=C(Nc1ncc(Cc2ccccc2Cl)s1)c1cccnc1OCC(F)(F)F. The third-order valence-corrected chi connectivity index (χ3v) is 4.77. The standard InChI is InChI=1S/C18H13ClF3N3O2S/c19-14-6-2-1-4-11(14)8-12-9-24-17(28-12)25-15(26)13-5-3-7-23-16(13)27-10-18(20,21)22/h1-7,9H,8,10H2,(H,24,25,26). The maximum atomic E-state index is 12.4. The zero-order chi connectivity index (χ0) is 20.1. The van der Waals surface area contributed by atoms with Gasteiger partial charge in [0.1, 0.15) is 5.56 Å². The molecule has 3 aromatic rings. The van der Waals surface area contributed by atoms with Crippen LogP contribution in [-0.2, 0) is 6.42 Å². The molecule has 0 aliphatic rings. The number of aromatic nitrogens is 2. The predicted octanol–water partition coefficient (Wildman–Crippen LogP) is 4.98. The average molecular weight is 428 g/mol. The highest BCUT2D eigenvalue weighted by atomic mass is 35.5. The molecule has 0 atom stereocenters. The number of rotatable bonds is 6. The van der Waals surface area contributed by atoms with Gasteiger partial charge in [0.25, 0.3) is 5.91 Å². The molecule has 2 aromatic heterocycles. The first-order valence-electron chi connectivity index (χ1n) is 7.96. The molecule has 146 valence electrons. The Hall–Kier alpha value is -2.65. The molecule has 0 saturated heterocycles. The predicted molar refractivity (Wildman–Crippen MR) is 100 cm³/mol. The van der Waals surface area contributed by atoms with E-state index in [9.17, 15) is 18.0 Å². The van der Waals surface area contributed by atoms with E-state index in [0.29, 0.717) is 16.6 Å². The number of carbonyl (C=O) groups excluding carboxylic acids is 1. The van der Waals surface area contributed by atoms with E-state index in [-0.39, 0.29) is 5.56 Å². The van der Waals surface area contributed by atoms with Gasteiger partial charge in [0.15, 0.2) is 11.7 Å². The number of alkyl halides is 3. The highest BCUT2D eigenvalue weighted by molar-refractivity contribution is 7.15. The summed E-state index contributed by atoms with van der Waals surface area (Å²) >= 11 is 7.38. The number of ether oxygens (including phenoxy) is 1. The van der Waals surface area contributed by atoms with Gasteiger partial charge in [-0.05, 0) is 23.8 Å². The van der Waals surface area contributed by atoms with Gasteiger partial charge in [-0.2, -0.15) is 13.2 Å². The lowest BCUT2D eigenvalue weighted by molar-refractivity contribution is -0.154. The van der Waals surface area contributed by atoms with Crippen LogP contribution in [0.4, 0.5) is 18.3 Å². The Bertz CT molecular complexity index is 978. The first kappa shape index (κ1) is 20.1. The summed E-state index contributed by atoms with van der Waals surface area (Å²) in [6.45, 7) is -1.54. The van der Waals surface area contributed by atoms with Gasteiger partial charge in [-0.3, -0.25) is 10.1 Å². The van der Waals surface area contributed by atoms with Crippen LogP contribution in [0.3, 0.4) is 0 Å². The lowest BCUT2D eigenvalue weighted by atomic mass is 10.1. The summed E-state index contributed by atoms with van der Waals surface area (Å²) in [5.41, 5.74) is 0.801. The summed E-state index contributed by atoms with van der Waals surface area (Å²) in [4.78, 5) is 21.1. The van der Waals surface area contributed by atoms with Gasteiger partial charge in [-0.1, -0.05) is 29.8 Å². The summed E-state index contributed by atoms with van der Waals surface area (Å²) in [5.74, 6) is -1.06. The number of halogens is 4. The molecule has 5 nitrogen and oxygen atoms in total. The number of benzene rings is 1. The van der Waals surface area contributed by atoms with Gasteiger partial charge in [0, 0.05) is 28.7 Å². The molecule has 1 amide bonds. The van der Waals surface area contributed by atoms with Crippen molar-refractivity contribution in [2.24, 2.45) is 0 Å². The Labute approximate surface area is 167 Å². The van der Waals surface area contributed by atoms with Crippen molar-refractivity contribution in [2.75, 3.05) is 11.9 Å². The van der Waals surface area contributed by atoms with Crippen LogP contribution in [0.1, 0.15) is 20.8 Å². The molecule has 3 rings (SSSR count). The number of hydrogen-bond acceptors (Lipinski definition) is 5. The number of anilines is 1. The number of thiazole rings is 1. The Kier molecular flexibility index (Phi) is 6.15. The molecule has 1 aromatic carbocycles. The molecular weight excluding hydrogens is 415 g/mol. The third kappa shape index (κ3) is 5.43. The minimum Gasteiger partial charge on any atom is -0.467 e. The van der Waals surface area contributed by atoms with Crippen LogP contribution in [0.5, 0.6) is 5.88 Å². The second kappa shape index (κ2) is 8.57. The molecular formula is C18H13ClF3N3O2S. The van der Waals surface area contributed by atoms with Crippen molar-refractivity contribution in [1.82, 2.24) is 9.97 Å². The van der Waals surface area contributed by atoms with Crippen LogP contribution in [0.15, 0.2) is 48.8 Å². The monoisotopic (exact) mass is 427 g/mol. The number of amides is 1. The molecule has 0 saturated carbocycles. The lowest BCUT2D eigenvalue weighted by Crippen LogP contribution is -2.21. The van der Waals surface area contributed by atoms with E-state index in [0.717, 1.165) is 10.4 Å². The number of nitrogens with one attached hydrogen (secondary N) is 1. The van der Waals surface area contributed by atoms with Crippen LogP contribution in [-0.4, -0.2) is 28.7 Å². The lowest BCUT2D eigenvalue weighted by Gasteiger charge is -2.11. The molecule has 0 aliphatic heterocycles. The van der Waals surface area contributed by atoms with E-state index in [1.807, 2.05) is 18.2 Å². The van der Waals surface area contributed by atoms with Gasteiger partial charge in [0.05, 0.1) is 0 Å². The molecule has 0 bridgehead atoms. The quantitative estimate of drug-likeness (QED) is 0.603. The minimum atomic E-state index is -4.53. The highest BCUT2D eigenvalue weighted by Gasteiger charge is 2.29. The first-order valence-corrected chi connectivity index (χ1v) is 9.15. The van der Waals surface area contributed by atoms with Crippen LogP contribution in [0.2, 0.25) is 5.02 Å². The normalized spacial score (nSPS) is 11.3. The summed E-state index contributed by atoms with van der Waals surface area (Å²) < 4.78 is 41.7. The van der Waals surface area contributed by atoms with Crippen molar-refractivity contribution in [2.45, 2.75) is 12.6 Å². The van der Waals surface area contributed by atoms with Gasteiger partial charge in [-0.15, -0.1) is 11.3 Å². The Morgan fingerprint density at radius 1 is 1.18 bits per heavy atom. The third-order valence-electron chi connectivity index (χ3n) is 3.48. The van der Waals surface area contributed by atoms with Gasteiger partial charge in [0.2, 0.25) is 5.88 Å². The second-order valence-corrected chi connectivity index (χ2v) is 7.14. The van der Waals surface area contributed by atoms with Crippen LogP contribution in [0, 0.1) is 0 Å². The van der Waals surface area contributed by atoms with Crippen LogP contribution in [0.25, 0.3) is 0 Å². The largest absolute Gasteiger partial charge is 0.467 e. The van der Waals surface area contributed by atoms with Gasteiger partial charge in [-0.25, -0.2) is 9.97 Å². The Morgan fingerprint density at radius 3 is 2.71 bits per heavy atom. The summed E-state index contributed by atoms with van der Waals surface area (Å²) in [5, 5.41) is 3.48. The fourth-order valence-corrected chi connectivity index (χ4v) is 3.30. The molecule has 0 aliphatic carbocycles. The molecule has 1 N–H and O–H groups in total. The number of hydrogen-bond donors (Lipinski definition) is 1. The van der Waals surface area contributed by atoms with E-state index in [4.69, 9.17) is 11.6 Å². The fourth-order valence-electron chi connectivity index (χ4n) is 2.27. The molecule has 0 radical (unpaired) electrons. The maximum Gasteiger partial charge on any atom is 0.422 e. The molecule has 0 unspecified atom stereocenters. The number of carbonyl (C=O) groups is 1. The zero-order valence-electron chi connectivity index (χ0n) is 14.2. The van der Waals surface area contributed by atoms with Crippen molar-refractivity contribution in [3.05, 3.63) is 69.8 Å². The summed E-state index contributed by atoms with van der Waals surface area (Å²) in [6.07, 6.45) is -1.14. The molecule has 0 spiro atoms. The van der Waals surface area contributed by atoms with Crippen LogP contribution < -0.4 is 10.1 Å². The van der Waals surface area contributed by atoms with E-state index in [1.165, 1.54) is 29.7 Å². The Balaban J connectivity index is 1.69.